The Morgan fingerprint density at radius 2 is 1.97 bits per heavy atom. The highest BCUT2D eigenvalue weighted by Gasteiger charge is 2.20. The van der Waals surface area contributed by atoms with E-state index in [9.17, 15) is 17.6 Å². The van der Waals surface area contributed by atoms with Gasteiger partial charge in [0.15, 0.2) is 15.7 Å². The highest BCUT2D eigenvalue weighted by atomic mass is 35.5. The molecule has 2 aromatic heterocycles. The number of rotatable bonds is 11. The Hall–Kier alpha value is -3.96. The topological polar surface area (TPSA) is 115 Å². The number of nitrogens with zero attached hydrogens (tertiary/aromatic N) is 3. The van der Waals surface area contributed by atoms with Crippen molar-refractivity contribution in [2.75, 3.05) is 17.6 Å². The highest BCUT2D eigenvalue weighted by molar-refractivity contribution is 7.92. The van der Waals surface area contributed by atoms with Gasteiger partial charge in [0.2, 0.25) is 5.91 Å². The molecule has 2 aromatic carbocycles. The lowest BCUT2D eigenvalue weighted by atomic mass is 10.2. The van der Waals surface area contributed by atoms with Crippen molar-refractivity contribution in [2.45, 2.75) is 25.6 Å². The number of ether oxygens (including phenoxy) is 1. The van der Waals surface area contributed by atoms with Crippen LogP contribution in [0.1, 0.15) is 19.4 Å². The second-order valence-electron chi connectivity index (χ2n) is 8.98. The maximum absolute atomic E-state index is 13.5. The molecule has 0 atom stereocenters. The predicted octanol–water partition coefficient (Wildman–Crippen LogP) is 5.50. The van der Waals surface area contributed by atoms with E-state index in [2.05, 4.69) is 27.2 Å². The van der Waals surface area contributed by atoms with Crippen LogP contribution in [0.5, 0.6) is 11.5 Å². The molecule has 0 radical (unpaired) electrons. The first kappa shape index (κ1) is 28.1. The first-order chi connectivity index (χ1) is 18.5. The minimum atomic E-state index is -3.47. The highest BCUT2D eigenvalue weighted by Crippen LogP contribution is 2.34. The molecule has 0 spiro atoms. The molecule has 4 rings (SSSR count). The van der Waals surface area contributed by atoms with Gasteiger partial charge in [0.05, 0.1) is 15.8 Å². The minimum absolute atomic E-state index is 0.222. The van der Waals surface area contributed by atoms with E-state index in [1.165, 1.54) is 12.4 Å². The zero-order valence-corrected chi connectivity index (χ0v) is 22.9. The Kier molecular flexibility index (Phi) is 8.51. The van der Waals surface area contributed by atoms with Crippen molar-refractivity contribution in [3.63, 3.8) is 0 Å². The zero-order valence-electron chi connectivity index (χ0n) is 21.3. The lowest BCUT2D eigenvalue weighted by Crippen LogP contribution is -2.34. The Labute approximate surface area is 230 Å². The summed E-state index contributed by atoms with van der Waals surface area (Å²) in [5.41, 5.74) is 2.33. The summed E-state index contributed by atoms with van der Waals surface area (Å²) in [7, 11) is -3.47. The first-order valence-corrected chi connectivity index (χ1v) is 14.1. The third-order valence-corrected chi connectivity index (χ3v) is 8.24. The van der Waals surface area contributed by atoms with E-state index in [0.717, 1.165) is 0 Å². The number of hydrogen-bond donors (Lipinski definition) is 2. The van der Waals surface area contributed by atoms with Gasteiger partial charge in [-0.05, 0) is 50.2 Å². The molecule has 4 aromatic rings. The van der Waals surface area contributed by atoms with Crippen LogP contribution in [-0.2, 0) is 21.2 Å². The maximum atomic E-state index is 13.5. The first-order valence-electron chi connectivity index (χ1n) is 12.0. The number of carbonyl (C=O) groups is 1. The third kappa shape index (κ3) is 6.92. The lowest BCUT2D eigenvalue weighted by Gasteiger charge is -2.13. The van der Waals surface area contributed by atoms with Gasteiger partial charge >= 0.3 is 0 Å². The van der Waals surface area contributed by atoms with Gasteiger partial charge in [-0.2, -0.15) is 0 Å². The molecule has 0 unspecified atom stereocenters. The molecule has 0 saturated carbocycles. The molecule has 2 heterocycles. The summed E-state index contributed by atoms with van der Waals surface area (Å²) in [6.45, 7) is 6.98. The van der Waals surface area contributed by atoms with Gasteiger partial charge in [0.1, 0.15) is 34.9 Å². The molecule has 0 aliphatic carbocycles. The molecule has 0 fully saturated rings. The van der Waals surface area contributed by atoms with Crippen molar-refractivity contribution in [3.8, 4) is 11.5 Å². The van der Waals surface area contributed by atoms with Crippen LogP contribution < -0.4 is 15.4 Å². The van der Waals surface area contributed by atoms with Crippen LogP contribution in [0.3, 0.4) is 0 Å². The Morgan fingerprint density at radius 3 is 2.69 bits per heavy atom. The number of fused-ring (bicyclic) bond motifs is 1. The summed E-state index contributed by atoms with van der Waals surface area (Å²) < 4.78 is 45.1. The van der Waals surface area contributed by atoms with Crippen molar-refractivity contribution in [1.29, 1.82) is 0 Å². The smallest absolute Gasteiger partial charge is 0.235 e. The zero-order chi connectivity index (χ0) is 28.2. The second-order valence-corrected chi connectivity index (χ2v) is 11.9. The fourth-order valence-electron chi connectivity index (χ4n) is 3.68. The number of aromatic nitrogens is 3. The Bertz CT molecular complexity index is 1640. The molecule has 0 aliphatic heterocycles. The molecule has 12 heteroatoms. The summed E-state index contributed by atoms with van der Waals surface area (Å²) in [5.74, 6) is -0.350. The van der Waals surface area contributed by atoms with Gasteiger partial charge < -0.3 is 19.9 Å². The summed E-state index contributed by atoms with van der Waals surface area (Å²) >= 11 is 6.46. The number of sulfone groups is 1. The van der Waals surface area contributed by atoms with Crippen molar-refractivity contribution in [1.82, 2.24) is 19.9 Å². The van der Waals surface area contributed by atoms with Gasteiger partial charge in [-0.25, -0.2) is 22.8 Å². The van der Waals surface area contributed by atoms with Crippen LogP contribution in [-0.4, -0.2) is 46.4 Å². The van der Waals surface area contributed by atoms with Crippen molar-refractivity contribution >= 4 is 55.7 Å². The molecule has 1 amide bonds. The van der Waals surface area contributed by atoms with Crippen molar-refractivity contribution in [2.24, 2.45) is 0 Å². The molecule has 0 aliphatic rings. The minimum Gasteiger partial charge on any atom is -0.456 e. The lowest BCUT2D eigenvalue weighted by molar-refractivity contribution is -0.118. The van der Waals surface area contributed by atoms with Crippen LogP contribution in [0.4, 0.5) is 15.9 Å². The maximum Gasteiger partial charge on any atom is 0.235 e. The number of halogens is 2. The standard InChI is InChI=1S/C27H27ClFN5O4S/c1-17(2)39(36,37)15-25(35)30-10-12-34-11-9-23-26(34)27(32-16-31-23)33-20-7-8-24(22(28)14-20)38-21-6-4-5-19(13-21)18(3)29/h4-9,11,13-14,16-17H,3,10,12,15H2,1-2H3,(H,30,35)(H,31,32,33). The SMILES string of the molecule is C=C(F)c1cccc(Oc2ccc(Nc3ncnc4ccn(CCNC(=O)CS(=O)(=O)C(C)C)c34)cc2Cl)c1. The second kappa shape index (κ2) is 11.8. The molecular formula is C27H27ClFN5O4S. The number of anilines is 2. The molecule has 9 nitrogen and oxygen atoms in total. The van der Waals surface area contributed by atoms with Crippen LogP contribution in [0.25, 0.3) is 16.9 Å². The number of hydrogen-bond acceptors (Lipinski definition) is 7. The molecule has 0 saturated heterocycles. The van der Waals surface area contributed by atoms with E-state index >= 15 is 0 Å². The van der Waals surface area contributed by atoms with E-state index in [0.29, 0.717) is 51.2 Å². The number of carbonyl (C=O) groups excluding carboxylic acids is 1. The molecule has 39 heavy (non-hydrogen) atoms. The van der Waals surface area contributed by atoms with Gasteiger partial charge in [-0.1, -0.05) is 30.3 Å². The number of amides is 1. The van der Waals surface area contributed by atoms with Gasteiger partial charge in [-0.3, -0.25) is 4.79 Å². The molecule has 204 valence electrons. The fraction of sp³-hybridized carbons (Fsp3) is 0.222. The van der Waals surface area contributed by atoms with Crippen LogP contribution in [0, 0.1) is 0 Å². The van der Waals surface area contributed by atoms with E-state index in [1.807, 2.05) is 16.8 Å². The normalized spacial score (nSPS) is 11.5. The van der Waals surface area contributed by atoms with E-state index < -0.39 is 32.6 Å². The largest absolute Gasteiger partial charge is 0.456 e. The Balaban J connectivity index is 1.46. The summed E-state index contributed by atoms with van der Waals surface area (Å²) in [6, 6.07) is 13.4. The Morgan fingerprint density at radius 1 is 1.18 bits per heavy atom. The van der Waals surface area contributed by atoms with Crippen molar-refractivity contribution in [3.05, 3.63) is 78.2 Å². The van der Waals surface area contributed by atoms with Gasteiger partial charge in [-0.15, -0.1) is 0 Å². The number of nitrogens with one attached hydrogen (secondary N) is 2. The van der Waals surface area contributed by atoms with Crippen LogP contribution in [0.15, 0.2) is 67.6 Å². The van der Waals surface area contributed by atoms with Crippen LogP contribution in [0.2, 0.25) is 5.02 Å². The third-order valence-electron chi connectivity index (χ3n) is 5.85. The van der Waals surface area contributed by atoms with E-state index in [1.54, 1.807) is 50.2 Å². The molecule has 2 N–H and O–H groups in total. The van der Waals surface area contributed by atoms with Gasteiger partial charge in [0, 0.05) is 30.5 Å². The van der Waals surface area contributed by atoms with Crippen molar-refractivity contribution < 1.29 is 22.3 Å². The average molecular weight is 572 g/mol. The average Bonchev–Trinajstić information content (AvgIpc) is 3.29. The fourth-order valence-corrected chi connectivity index (χ4v) is 4.70. The summed E-state index contributed by atoms with van der Waals surface area (Å²) in [4.78, 5) is 20.8. The van der Waals surface area contributed by atoms with Crippen LogP contribution >= 0.6 is 11.6 Å². The summed E-state index contributed by atoms with van der Waals surface area (Å²) in [6.07, 6.45) is 3.24. The predicted molar refractivity (Wildman–Crippen MR) is 151 cm³/mol. The van der Waals surface area contributed by atoms with E-state index in [4.69, 9.17) is 16.3 Å². The number of benzene rings is 2. The quantitative estimate of drug-likeness (QED) is 0.244. The summed E-state index contributed by atoms with van der Waals surface area (Å²) in [5, 5.41) is 5.59. The van der Waals surface area contributed by atoms with E-state index in [-0.39, 0.29) is 6.54 Å². The molecule has 0 bridgehead atoms. The van der Waals surface area contributed by atoms with Gasteiger partial charge in [0.25, 0.3) is 0 Å². The monoisotopic (exact) mass is 571 g/mol. The molecular weight excluding hydrogens is 545 g/mol.